The van der Waals surface area contributed by atoms with Crippen molar-refractivity contribution in [3.05, 3.63) is 89.5 Å². The van der Waals surface area contributed by atoms with Crippen LogP contribution in [0.1, 0.15) is 47.2 Å². The van der Waals surface area contributed by atoms with E-state index in [9.17, 15) is 4.79 Å². The summed E-state index contributed by atoms with van der Waals surface area (Å²) in [6.45, 7) is 6.18. The zero-order chi connectivity index (χ0) is 27.2. The minimum atomic E-state index is -0.0223. The second-order valence-corrected chi connectivity index (χ2v) is 10.2. The fourth-order valence-corrected chi connectivity index (χ4v) is 5.47. The molecule has 0 bridgehead atoms. The predicted molar refractivity (Wildman–Crippen MR) is 158 cm³/mol. The van der Waals surface area contributed by atoms with E-state index < -0.39 is 0 Å². The second kappa shape index (κ2) is 12.4. The fraction of sp³-hybridized carbons (Fsp3) is 0.324. The quantitative estimate of drug-likeness (QED) is 0.161. The van der Waals surface area contributed by atoms with Crippen LogP contribution in [0.2, 0.25) is 0 Å². The minimum Gasteiger partial charge on any atom is -0.497 e. The van der Waals surface area contributed by atoms with Gasteiger partial charge in [-0.1, -0.05) is 24.6 Å². The first-order chi connectivity index (χ1) is 19.1. The summed E-state index contributed by atoms with van der Waals surface area (Å²) in [4.78, 5) is 16.6. The lowest BCUT2D eigenvalue weighted by atomic mass is 9.89. The largest absolute Gasteiger partial charge is 0.497 e. The Bertz CT molecular complexity index is 1440. The van der Waals surface area contributed by atoms with Crippen LogP contribution in [0.5, 0.6) is 17.2 Å². The number of carbonyl (C=O) groups excluding carboxylic acids is 1. The molecule has 1 fully saturated rings. The van der Waals surface area contributed by atoms with Gasteiger partial charge < -0.3 is 19.1 Å². The van der Waals surface area contributed by atoms with Crippen LogP contribution in [-0.4, -0.2) is 51.1 Å². The summed E-state index contributed by atoms with van der Waals surface area (Å²) in [7, 11) is 3.32. The number of piperidine rings is 1. The number of methoxy groups -OCH3 is 2. The molecule has 0 unspecified atom stereocenters. The molecule has 0 spiro atoms. The summed E-state index contributed by atoms with van der Waals surface area (Å²) >= 11 is 0. The van der Waals surface area contributed by atoms with E-state index in [4.69, 9.17) is 14.2 Å². The summed E-state index contributed by atoms with van der Waals surface area (Å²) in [6.07, 6.45) is 4.97. The number of hydrogen-bond donors (Lipinski definition) is 0. The molecule has 0 N–H and O–H groups in total. The molecule has 0 radical (unpaired) electrons. The van der Waals surface area contributed by atoms with E-state index in [1.165, 1.54) is 32.4 Å². The molecule has 0 aliphatic carbocycles. The number of likely N-dealkylation sites (tertiary alicyclic amines) is 1. The number of nitrogens with zero attached hydrogens (tertiary/aromatic N) is 1. The van der Waals surface area contributed by atoms with Crippen LogP contribution < -0.4 is 14.2 Å². The first-order valence-electron chi connectivity index (χ1n) is 13.8. The van der Waals surface area contributed by atoms with Crippen molar-refractivity contribution in [2.75, 3.05) is 40.5 Å². The smallest absolute Gasteiger partial charge is 0.194 e. The summed E-state index contributed by atoms with van der Waals surface area (Å²) in [5, 5.41) is 1.85. The Balaban J connectivity index is 1.40. The van der Waals surface area contributed by atoms with Crippen molar-refractivity contribution in [2.24, 2.45) is 0 Å². The fourth-order valence-electron chi connectivity index (χ4n) is 5.47. The van der Waals surface area contributed by atoms with Gasteiger partial charge in [-0.15, -0.1) is 0 Å². The van der Waals surface area contributed by atoms with Gasteiger partial charge in [-0.3, -0.25) is 4.79 Å². The predicted octanol–water partition coefficient (Wildman–Crippen LogP) is 7.32. The Morgan fingerprint density at radius 2 is 1.59 bits per heavy atom. The van der Waals surface area contributed by atoms with Gasteiger partial charge in [-0.25, -0.2) is 0 Å². The van der Waals surface area contributed by atoms with Gasteiger partial charge in [-0.2, -0.15) is 0 Å². The first-order valence-corrected chi connectivity index (χ1v) is 13.8. The lowest BCUT2D eigenvalue weighted by molar-refractivity contribution is 0.104. The summed E-state index contributed by atoms with van der Waals surface area (Å²) < 4.78 is 16.9. The summed E-state index contributed by atoms with van der Waals surface area (Å²) in [5.41, 5.74) is 4.19. The van der Waals surface area contributed by atoms with Gasteiger partial charge in [-0.05, 0) is 121 Å². The van der Waals surface area contributed by atoms with Crippen LogP contribution in [0.4, 0.5) is 0 Å². The van der Waals surface area contributed by atoms with Gasteiger partial charge in [0.25, 0.3) is 0 Å². The Hall–Kier alpha value is -3.83. The Kier molecular flexibility index (Phi) is 8.48. The van der Waals surface area contributed by atoms with Crippen LogP contribution in [0, 0.1) is 6.92 Å². The van der Waals surface area contributed by atoms with Gasteiger partial charge in [0.1, 0.15) is 17.2 Å². The van der Waals surface area contributed by atoms with Gasteiger partial charge in [0.05, 0.1) is 20.8 Å². The molecule has 0 atom stereocenters. The molecule has 1 saturated heterocycles. The third-order valence-corrected chi connectivity index (χ3v) is 7.61. The molecule has 39 heavy (non-hydrogen) atoms. The number of ketones is 1. The minimum absolute atomic E-state index is 0.0223. The monoisotopic (exact) mass is 523 g/mol. The standard InChI is InChI=1S/C34H37NO4/c1-24-22-26(11-17-32(24)38-3)30-15-10-27-23-29(37-2)14-16-31(27)33(30)34(36)25-8-12-28(13-9-25)39-21-7-20-35-18-5-4-6-19-35/h8-17,22-23H,4-7,18-21H2,1-3H3. The zero-order valence-corrected chi connectivity index (χ0v) is 23.2. The van der Waals surface area contributed by atoms with Crippen molar-refractivity contribution in [1.82, 2.24) is 4.90 Å². The van der Waals surface area contributed by atoms with Crippen molar-refractivity contribution in [3.8, 4) is 28.4 Å². The topological polar surface area (TPSA) is 48.0 Å². The molecule has 5 nitrogen and oxygen atoms in total. The number of rotatable bonds is 10. The van der Waals surface area contributed by atoms with Crippen molar-refractivity contribution < 1.29 is 19.0 Å². The van der Waals surface area contributed by atoms with Gasteiger partial charge in [0, 0.05) is 17.7 Å². The highest BCUT2D eigenvalue weighted by molar-refractivity contribution is 6.20. The molecule has 4 aromatic rings. The van der Waals surface area contributed by atoms with E-state index >= 15 is 0 Å². The van der Waals surface area contributed by atoms with E-state index in [1.807, 2.05) is 73.7 Å². The maximum atomic E-state index is 14.1. The van der Waals surface area contributed by atoms with Crippen LogP contribution in [0.3, 0.4) is 0 Å². The number of hydrogen-bond acceptors (Lipinski definition) is 5. The lowest BCUT2D eigenvalue weighted by Crippen LogP contribution is -2.31. The molecule has 1 aliphatic rings. The van der Waals surface area contributed by atoms with Crippen molar-refractivity contribution in [2.45, 2.75) is 32.6 Å². The third kappa shape index (κ3) is 6.10. The van der Waals surface area contributed by atoms with Crippen LogP contribution in [0.15, 0.2) is 72.8 Å². The molecule has 5 rings (SSSR count). The zero-order valence-electron chi connectivity index (χ0n) is 23.2. The number of aryl methyl sites for hydroxylation is 1. The molecule has 4 aromatic carbocycles. The van der Waals surface area contributed by atoms with Crippen molar-refractivity contribution in [1.29, 1.82) is 0 Å². The van der Waals surface area contributed by atoms with Crippen LogP contribution >= 0.6 is 0 Å². The van der Waals surface area contributed by atoms with Gasteiger partial charge >= 0.3 is 0 Å². The molecule has 0 amide bonds. The van der Waals surface area contributed by atoms with E-state index in [1.54, 1.807) is 14.2 Å². The lowest BCUT2D eigenvalue weighted by Gasteiger charge is -2.26. The normalized spacial score (nSPS) is 13.8. The molecule has 0 aromatic heterocycles. The maximum Gasteiger partial charge on any atom is 0.194 e. The maximum absolute atomic E-state index is 14.1. The van der Waals surface area contributed by atoms with Gasteiger partial charge in [0.2, 0.25) is 0 Å². The molecule has 202 valence electrons. The van der Waals surface area contributed by atoms with Gasteiger partial charge in [0.15, 0.2) is 5.78 Å². The van der Waals surface area contributed by atoms with Crippen LogP contribution in [0.25, 0.3) is 21.9 Å². The Labute approximate surface area is 231 Å². The second-order valence-electron chi connectivity index (χ2n) is 10.2. The molecule has 5 heteroatoms. The molecular formula is C34H37NO4. The van der Waals surface area contributed by atoms with E-state index in [0.29, 0.717) is 17.7 Å². The van der Waals surface area contributed by atoms with Crippen molar-refractivity contribution >= 4 is 16.6 Å². The SMILES string of the molecule is COc1ccc2c(C(=O)c3ccc(OCCCN4CCCCC4)cc3)c(-c3ccc(OC)c(C)c3)ccc2c1. The Morgan fingerprint density at radius 1 is 0.821 bits per heavy atom. The summed E-state index contributed by atoms with van der Waals surface area (Å²) in [6, 6.07) is 23.5. The third-order valence-electron chi connectivity index (χ3n) is 7.61. The molecule has 1 aliphatic heterocycles. The highest BCUT2D eigenvalue weighted by Gasteiger charge is 2.20. The number of ether oxygens (including phenoxy) is 3. The van der Waals surface area contributed by atoms with Crippen molar-refractivity contribution in [3.63, 3.8) is 0 Å². The first kappa shape index (κ1) is 26.8. The van der Waals surface area contributed by atoms with E-state index in [2.05, 4.69) is 11.0 Å². The summed E-state index contributed by atoms with van der Waals surface area (Å²) in [5.74, 6) is 2.35. The average Bonchev–Trinajstić information content (AvgIpc) is 2.99. The highest BCUT2D eigenvalue weighted by atomic mass is 16.5. The molecule has 0 saturated carbocycles. The number of fused-ring (bicyclic) bond motifs is 1. The van der Waals surface area contributed by atoms with Crippen LogP contribution in [-0.2, 0) is 0 Å². The Morgan fingerprint density at radius 3 is 2.31 bits per heavy atom. The van der Waals surface area contributed by atoms with E-state index in [0.717, 1.165) is 57.7 Å². The van der Waals surface area contributed by atoms with E-state index in [-0.39, 0.29) is 5.78 Å². The number of carbonyl (C=O) groups is 1. The molecule has 1 heterocycles. The average molecular weight is 524 g/mol. The molecular weight excluding hydrogens is 486 g/mol. The number of benzene rings is 4. The highest BCUT2D eigenvalue weighted by Crippen LogP contribution is 2.35.